The molecule has 1 atom stereocenters. The second kappa shape index (κ2) is 7.35. The van der Waals surface area contributed by atoms with E-state index in [9.17, 15) is 19.3 Å². The maximum absolute atomic E-state index is 13.7. The molecule has 0 bridgehead atoms. The molecule has 0 saturated carbocycles. The molecule has 0 spiro atoms. The van der Waals surface area contributed by atoms with Crippen molar-refractivity contribution in [1.82, 2.24) is 9.80 Å². The number of rotatable bonds is 3. The number of ether oxygens (including phenoxy) is 1. The summed E-state index contributed by atoms with van der Waals surface area (Å²) in [7, 11) is 0. The number of amides is 1. The largest absolute Gasteiger partial charge is 0.444 e. The number of carbonyl (C=O) groups is 1. The van der Waals surface area contributed by atoms with Gasteiger partial charge in [-0.15, -0.1) is 0 Å². The molecule has 0 aromatic heterocycles. The summed E-state index contributed by atoms with van der Waals surface area (Å²) in [4.78, 5) is 25.9. The molecule has 2 rings (SSSR count). The molecule has 1 amide bonds. The second-order valence-corrected chi connectivity index (χ2v) is 7.30. The van der Waals surface area contributed by atoms with E-state index in [2.05, 4.69) is 4.90 Å². The molecule has 0 radical (unpaired) electrons. The summed E-state index contributed by atoms with van der Waals surface area (Å²) in [5.74, 6) is -0.831. The minimum absolute atomic E-state index is 0.0357. The van der Waals surface area contributed by atoms with E-state index in [1.54, 1.807) is 11.0 Å². The van der Waals surface area contributed by atoms with E-state index < -0.39 is 22.0 Å². The van der Waals surface area contributed by atoms with Gasteiger partial charge >= 0.3 is 11.8 Å². The van der Waals surface area contributed by atoms with Gasteiger partial charge in [-0.3, -0.25) is 15.0 Å². The molecule has 1 fully saturated rings. The molecular weight excluding hydrogens is 329 g/mol. The Morgan fingerprint density at radius 1 is 1.40 bits per heavy atom. The first-order valence-electron chi connectivity index (χ1n) is 8.21. The number of nitrogens with zero attached hydrogens (tertiary/aromatic N) is 3. The molecule has 1 heterocycles. The molecule has 0 aliphatic carbocycles. The van der Waals surface area contributed by atoms with Gasteiger partial charge in [0, 0.05) is 38.3 Å². The number of halogens is 1. The van der Waals surface area contributed by atoms with Crippen molar-refractivity contribution in [2.45, 2.75) is 45.9 Å². The van der Waals surface area contributed by atoms with Crippen molar-refractivity contribution in [3.8, 4) is 0 Å². The van der Waals surface area contributed by atoms with Crippen LogP contribution in [0.5, 0.6) is 0 Å². The Kier molecular flexibility index (Phi) is 5.62. The molecule has 1 aliphatic rings. The van der Waals surface area contributed by atoms with E-state index in [1.807, 2.05) is 27.7 Å². The molecule has 8 heteroatoms. The number of piperazine rings is 1. The summed E-state index contributed by atoms with van der Waals surface area (Å²) >= 11 is 0. The Bertz CT molecular complexity index is 660. The van der Waals surface area contributed by atoms with Gasteiger partial charge in [0.2, 0.25) is 5.82 Å². The maximum atomic E-state index is 13.7. The zero-order valence-corrected chi connectivity index (χ0v) is 15.0. The van der Waals surface area contributed by atoms with Crippen LogP contribution in [0.2, 0.25) is 0 Å². The maximum Gasteiger partial charge on any atom is 0.410 e. The highest BCUT2D eigenvalue weighted by Gasteiger charge is 2.30. The predicted octanol–water partition coefficient (Wildman–Crippen LogP) is 3.18. The van der Waals surface area contributed by atoms with Gasteiger partial charge in [0.05, 0.1) is 4.92 Å². The monoisotopic (exact) mass is 353 g/mol. The van der Waals surface area contributed by atoms with Gasteiger partial charge in [0.15, 0.2) is 0 Å². The molecular formula is C17H24FN3O4. The van der Waals surface area contributed by atoms with Crippen LogP contribution in [0.25, 0.3) is 0 Å². The van der Waals surface area contributed by atoms with Crippen LogP contribution in [-0.2, 0) is 11.3 Å². The minimum atomic E-state index is -0.831. The third kappa shape index (κ3) is 5.12. The average Bonchev–Trinajstić information content (AvgIpc) is 2.45. The molecule has 0 unspecified atom stereocenters. The van der Waals surface area contributed by atoms with Crippen LogP contribution in [0.4, 0.5) is 14.9 Å². The van der Waals surface area contributed by atoms with E-state index in [0.717, 1.165) is 0 Å². The van der Waals surface area contributed by atoms with Gasteiger partial charge in [-0.25, -0.2) is 4.79 Å². The third-order valence-corrected chi connectivity index (χ3v) is 3.95. The van der Waals surface area contributed by atoms with Gasteiger partial charge in [0.1, 0.15) is 5.60 Å². The predicted molar refractivity (Wildman–Crippen MR) is 90.7 cm³/mol. The minimum Gasteiger partial charge on any atom is -0.444 e. The molecule has 1 aromatic rings. The van der Waals surface area contributed by atoms with E-state index in [4.69, 9.17) is 4.74 Å². The zero-order valence-electron chi connectivity index (χ0n) is 15.0. The van der Waals surface area contributed by atoms with Crippen LogP contribution in [0.1, 0.15) is 33.3 Å². The fraction of sp³-hybridized carbons (Fsp3) is 0.588. The molecule has 7 nitrogen and oxygen atoms in total. The number of hydrogen-bond donors (Lipinski definition) is 0. The van der Waals surface area contributed by atoms with Gasteiger partial charge in [-0.2, -0.15) is 4.39 Å². The smallest absolute Gasteiger partial charge is 0.410 e. The second-order valence-electron chi connectivity index (χ2n) is 7.30. The number of benzene rings is 1. The topological polar surface area (TPSA) is 75.9 Å². The molecule has 1 aromatic carbocycles. The molecule has 1 saturated heterocycles. The van der Waals surface area contributed by atoms with Gasteiger partial charge in [0.25, 0.3) is 0 Å². The summed E-state index contributed by atoms with van der Waals surface area (Å²) in [6.45, 7) is 9.67. The van der Waals surface area contributed by atoms with Gasteiger partial charge in [-0.1, -0.05) is 6.07 Å². The lowest BCUT2D eigenvalue weighted by molar-refractivity contribution is -0.387. The summed E-state index contributed by atoms with van der Waals surface area (Å²) < 4.78 is 19.1. The number of carbonyl (C=O) groups excluding carboxylic acids is 1. The lowest BCUT2D eigenvalue weighted by atomic mass is 10.1. The highest BCUT2D eigenvalue weighted by Crippen LogP contribution is 2.21. The number of nitro benzene ring substituents is 1. The molecule has 25 heavy (non-hydrogen) atoms. The van der Waals surface area contributed by atoms with E-state index in [-0.39, 0.29) is 12.1 Å². The quantitative estimate of drug-likeness (QED) is 0.616. The summed E-state index contributed by atoms with van der Waals surface area (Å²) in [5, 5.41) is 10.7. The number of hydrogen-bond acceptors (Lipinski definition) is 5. The van der Waals surface area contributed by atoms with Crippen LogP contribution >= 0.6 is 0 Å². The molecule has 0 N–H and O–H groups in total. The van der Waals surface area contributed by atoms with Crippen molar-refractivity contribution in [1.29, 1.82) is 0 Å². The Hall–Kier alpha value is -2.22. The fourth-order valence-electron chi connectivity index (χ4n) is 2.82. The molecule has 1 aliphatic heterocycles. The van der Waals surface area contributed by atoms with Gasteiger partial charge in [-0.05, 0) is 39.3 Å². The zero-order chi connectivity index (χ0) is 18.8. The summed E-state index contributed by atoms with van der Waals surface area (Å²) in [5.41, 5.74) is -0.391. The molecule has 138 valence electrons. The SMILES string of the molecule is C[C@H]1CN(Cc2ccc([N+](=O)[O-])c(F)c2)CCN1C(=O)OC(C)(C)C. The van der Waals surface area contributed by atoms with Crippen molar-refractivity contribution in [3.05, 3.63) is 39.7 Å². The Morgan fingerprint density at radius 2 is 2.08 bits per heavy atom. The summed E-state index contributed by atoms with van der Waals surface area (Å²) in [6.07, 6.45) is -0.332. The van der Waals surface area contributed by atoms with Crippen LogP contribution < -0.4 is 0 Å². The first-order chi connectivity index (χ1) is 11.6. The normalized spacial score (nSPS) is 18.9. The first-order valence-corrected chi connectivity index (χ1v) is 8.21. The standard InChI is InChI=1S/C17H24FN3O4/c1-12-10-19(7-8-20(12)16(22)25-17(2,3)4)11-13-5-6-15(21(23)24)14(18)9-13/h5-6,9,12H,7-8,10-11H2,1-4H3/t12-/m0/s1. The van der Waals surface area contributed by atoms with Crippen molar-refractivity contribution >= 4 is 11.8 Å². The van der Waals surface area contributed by atoms with Crippen LogP contribution in [-0.4, -0.2) is 52.1 Å². The Morgan fingerprint density at radius 3 is 2.60 bits per heavy atom. The lowest BCUT2D eigenvalue weighted by Crippen LogP contribution is -2.54. The van der Waals surface area contributed by atoms with E-state index in [1.165, 1.54) is 12.1 Å². The van der Waals surface area contributed by atoms with Crippen LogP contribution in [0, 0.1) is 15.9 Å². The van der Waals surface area contributed by atoms with Crippen LogP contribution in [0.3, 0.4) is 0 Å². The Labute approximate surface area is 146 Å². The number of nitro groups is 1. The first kappa shape index (κ1) is 19.1. The van der Waals surface area contributed by atoms with Crippen LogP contribution in [0.15, 0.2) is 18.2 Å². The average molecular weight is 353 g/mol. The van der Waals surface area contributed by atoms with Crippen molar-refractivity contribution in [2.24, 2.45) is 0 Å². The highest BCUT2D eigenvalue weighted by molar-refractivity contribution is 5.68. The van der Waals surface area contributed by atoms with Crippen molar-refractivity contribution < 1.29 is 18.8 Å². The summed E-state index contributed by atoms with van der Waals surface area (Å²) in [6, 6.07) is 3.91. The Balaban J connectivity index is 1.96. The fourth-order valence-corrected chi connectivity index (χ4v) is 2.82. The van der Waals surface area contributed by atoms with Gasteiger partial charge < -0.3 is 9.64 Å². The van der Waals surface area contributed by atoms with Crippen molar-refractivity contribution in [3.63, 3.8) is 0 Å². The van der Waals surface area contributed by atoms with E-state index >= 15 is 0 Å². The highest BCUT2D eigenvalue weighted by atomic mass is 19.1. The van der Waals surface area contributed by atoms with Crippen molar-refractivity contribution in [2.75, 3.05) is 19.6 Å². The van der Waals surface area contributed by atoms with E-state index in [0.29, 0.717) is 31.7 Å². The third-order valence-electron chi connectivity index (χ3n) is 3.95. The lowest BCUT2D eigenvalue weighted by Gasteiger charge is -2.40.